The number of carbonyl (C=O) groups is 1. The fraction of sp³-hybridized carbons (Fsp3) is 0.692. The fourth-order valence-electron chi connectivity index (χ4n) is 2.89. The Morgan fingerprint density at radius 2 is 2.35 bits per heavy atom. The van der Waals surface area contributed by atoms with Crippen molar-refractivity contribution in [2.45, 2.75) is 33.6 Å². The number of nitrogens with zero attached hydrogens (tertiary/aromatic N) is 1. The van der Waals surface area contributed by atoms with E-state index < -0.39 is 6.09 Å². The molecule has 0 unspecified atom stereocenters. The van der Waals surface area contributed by atoms with Crippen molar-refractivity contribution in [2.24, 2.45) is 22.4 Å². The molecule has 3 fully saturated rings. The van der Waals surface area contributed by atoms with Crippen molar-refractivity contribution < 1.29 is 9.63 Å². The third-order valence-corrected chi connectivity index (χ3v) is 4.26. The molecule has 3 aliphatic carbocycles. The second-order valence-electron chi connectivity index (χ2n) is 5.48. The number of amides is 1. The van der Waals surface area contributed by atoms with Crippen LogP contribution in [0.15, 0.2) is 17.3 Å². The highest BCUT2D eigenvalue weighted by Crippen LogP contribution is 2.59. The third kappa shape index (κ3) is 1.96. The minimum absolute atomic E-state index is 0.335. The first-order valence-electron chi connectivity index (χ1n) is 6.17. The Kier molecular flexibility index (Phi) is 2.98. The van der Waals surface area contributed by atoms with E-state index in [2.05, 4.69) is 30.9 Å². The van der Waals surface area contributed by atoms with Gasteiger partial charge in [0.05, 0.1) is 5.71 Å². The predicted octanol–water partition coefficient (Wildman–Crippen LogP) is 2.71. The van der Waals surface area contributed by atoms with Crippen molar-refractivity contribution in [2.75, 3.05) is 6.54 Å². The van der Waals surface area contributed by atoms with Gasteiger partial charge in [0.15, 0.2) is 0 Å². The van der Waals surface area contributed by atoms with Gasteiger partial charge in [-0.25, -0.2) is 4.79 Å². The molecule has 0 heterocycles. The quantitative estimate of drug-likeness (QED) is 0.592. The molecular weight excluding hydrogens is 216 g/mol. The second kappa shape index (κ2) is 4.17. The highest BCUT2D eigenvalue weighted by molar-refractivity contribution is 6.02. The number of fused-ring (bicyclic) bond motifs is 2. The summed E-state index contributed by atoms with van der Waals surface area (Å²) in [5.74, 6) is 1.15. The SMILES string of the molecule is C=C1/C(=N\OC(=O)NCC)C[C@@H]2C[C@H]1C2(C)C. The molecule has 0 aromatic heterocycles. The zero-order valence-electron chi connectivity index (χ0n) is 10.7. The molecule has 0 aromatic carbocycles. The van der Waals surface area contributed by atoms with Crippen molar-refractivity contribution in [1.29, 1.82) is 0 Å². The average molecular weight is 236 g/mol. The predicted molar refractivity (Wildman–Crippen MR) is 66.7 cm³/mol. The molecule has 1 amide bonds. The van der Waals surface area contributed by atoms with Gasteiger partial charge in [-0.3, -0.25) is 4.84 Å². The summed E-state index contributed by atoms with van der Waals surface area (Å²) in [4.78, 5) is 15.9. The molecule has 1 N–H and O–H groups in total. The van der Waals surface area contributed by atoms with E-state index in [0.29, 0.717) is 23.8 Å². The molecule has 2 atom stereocenters. The maximum Gasteiger partial charge on any atom is 0.433 e. The second-order valence-corrected chi connectivity index (χ2v) is 5.48. The number of nitrogens with one attached hydrogen (secondary N) is 1. The normalized spacial score (nSPS) is 31.9. The van der Waals surface area contributed by atoms with Crippen LogP contribution >= 0.6 is 0 Å². The Morgan fingerprint density at radius 1 is 1.65 bits per heavy atom. The molecule has 3 saturated carbocycles. The zero-order chi connectivity index (χ0) is 12.6. The Balaban J connectivity index is 1.99. The summed E-state index contributed by atoms with van der Waals surface area (Å²) in [6, 6.07) is 0. The Bertz CT molecular complexity index is 385. The highest BCUT2D eigenvalue weighted by atomic mass is 16.7. The van der Waals surface area contributed by atoms with Crippen LogP contribution < -0.4 is 5.32 Å². The van der Waals surface area contributed by atoms with E-state index in [4.69, 9.17) is 4.84 Å². The topological polar surface area (TPSA) is 50.7 Å². The first kappa shape index (κ1) is 12.1. The van der Waals surface area contributed by atoms with Crippen LogP contribution in [0, 0.1) is 17.3 Å². The van der Waals surface area contributed by atoms with Crippen LogP contribution in [0.1, 0.15) is 33.6 Å². The number of rotatable bonds is 2. The summed E-state index contributed by atoms with van der Waals surface area (Å²) >= 11 is 0. The van der Waals surface area contributed by atoms with Crippen LogP contribution in [0.3, 0.4) is 0 Å². The summed E-state index contributed by atoms with van der Waals surface area (Å²) in [6.07, 6.45) is 1.58. The minimum atomic E-state index is -0.494. The lowest BCUT2D eigenvalue weighted by atomic mass is 9.47. The summed E-state index contributed by atoms with van der Waals surface area (Å²) in [6.45, 7) is 11.0. The van der Waals surface area contributed by atoms with E-state index >= 15 is 0 Å². The third-order valence-electron chi connectivity index (χ3n) is 4.26. The Labute approximate surface area is 102 Å². The smallest absolute Gasteiger partial charge is 0.320 e. The summed E-state index contributed by atoms with van der Waals surface area (Å²) < 4.78 is 0. The molecule has 4 nitrogen and oxygen atoms in total. The van der Waals surface area contributed by atoms with Crippen LogP contribution in [0.4, 0.5) is 4.79 Å². The van der Waals surface area contributed by atoms with Crippen LogP contribution in [-0.4, -0.2) is 18.3 Å². The molecule has 94 valence electrons. The Morgan fingerprint density at radius 3 is 2.88 bits per heavy atom. The highest BCUT2D eigenvalue weighted by Gasteiger charge is 2.54. The zero-order valence-corrected chi connectivity index (χ0v) is 10.7. The number of carbonyl (C=O) groups excluding carboxylic acids is 1. The van der Waals surface area contributed by atoms with Gasteiger partial charge in [0.25, 0.3) is 0 Å². The molecule has 3 rings (SSSR count). The summed E-state index contributed by atoms with van der Waals surface area (Å²) in [7, 11) is 0. The van der Waals surface area contributed by atoms with Crippen molar-refractivity contribution in [3.63, 3.8) is 0 Å². The van der Waals surface area contributed by atoms with E-state index in [0.717, 1.165) is 17.7 Å². The molecular formula is C13H20N2O2. The summed E-state index contributed by atoms with van der Waals surface area (Å²) in [5, 5.41) is 6.47. The van der Waals surface area contributed by atoms with Gasteiger partial charge in [0.1, 0.15) is 0 Å². The van der Waals surface area contributed by atoms with Gasteiger partial charge in [-0.05, 0) is 42.6 Å². The van der Waals surface area contributed by atoms with E-state index in [9.17, 15) is 4.79 Å². The maximum absolute atomic E-state index is 11.1. The van der Waals surface area contributed by atoms with Crippen molar-refractivity contribution in [3.8, 4) is 0 Å². The van der Waals surface area contributed by atoms with E-state index in [-0.39, 0.29) is 0 Å². The van der Waals surface area contributed by atoms with E-state index in [1.165, 1.54) is 6.42 Å². The lowest BCUT2D eigenvalue weighted by Crippen LogP contribution is -2.52. The molecule has 2 bridgehead atoms. The molecule has 0 spiro atoms. The van der Waals surface area contributed by atoms with Crippen molar-refractivity contribution in [1.82, 2.24) is 5.32 Å². The molecule has 0 saturated heterocycles. The van der Waals surface area contributed by atoms with Gasteiger partial charge in [-0.1, -0.05) is 25.6 Å². The van der Waals surface area contributed by atoms with Gasteiger partial charge in [-0.2, -0.15) is 0 Å². The largest absolute Gasteiger partial charge is 0.433 e. The standard InChI is InChI=1S/C13H20N2O2/c1-5-14-12(16)17-15-11-7-9-6-10(8(11)2)13(9,3)4/h9-10H,2,5-7H2,1,3-4H3,(H,14,16)/b15-11-/t9-,10+/m0/s1. The molecule has 0 radical (unpaired) electrons. The van der Waals surface area contributed by atoms with Gasteiger partial charge in [0, 0.05) is 6.54 Å². The molecule has 4 heteroatoms. The number of allylic oxidation sites excluding steroid dienone is 1. The van der Waals surface area contributed by atoms with Gasteiger partial charge in [-0.15, -0.1) is 0 Å². The van der Waals surface area contributed by atoms with E-state index in [1.54, 1.807) is 0 Å². The van der Waals surface area contributed by atoms with Crippen LogP contribution in [-0.2, 0) is 4.84 Å². The van der Waals surface area contributed by atoms with Crippen LogP contribution in [0.2, 0.25) is 0 Å². The number of oxime groups is 1. The fourth-order valence-corrected chi connectivity index (χ4v) is 2.89. The number of hydrogen-bond donors (Lipinski definition) is 1. The Hall–Kier alpha value is -1.32. The molecule has 0 aromatic rings. The monoisotopic (exact) mass is 236 g/mol. The van der Waals surface area contributed by atoms with Gasteiger partial charge in [0.2, 0.25) is 0 Å². The molecule has 3 aliphatic rings. The van der Waals surface area contributed by atoms with Crippen LogP contribution in [0.25, 0.3) is 0 Å². The molecule has 17 heavy (non-hydrogen) atoms. The lowest BCUT2D eigenvalue weighted by molar-refractivity contribution is 0.000504. The van der Waals surface area contributed by atoms with E-state index in [1.807, 2.05) is 6.92 Å². The molecule has 0 aliphatic heterocycles. The maximum atomic E-state index is 11.1. The van der Waals surface area contributed by atoms with Crippen molar-refractivity contribution >= 4 is 11.8 Å². The first-order chi connectivity index (χ1) is 7.96. The van der Waals surface area contributed by atoms with Gasteiger partial charge >= 0.3 is 6.09 Å². The summed E-state index contributed by atoms with van der Waals surface area (Å²) in [5.41, 5.74) is 2.24. The van der Waals surface area contributed by atoms with Crippen molar-refractivity contribution in [3.05, 3.63) is 12.2 Å². The lowest BCUT2D eigenvalue weighted by Gasteiger charge is -2.57. The van der Waals surface area contributed by atoms with Crippen LogP contribution in [0.5, 0.6) is 0 Å². The van der Waals surface area contributed by atoms with Gasteiger partial charge < -0.3 is 5.32 Å². The average Bonchev–Trinajstić information content (AvgIpc) is 2.27. The number of hydrogen-bond acceptors (Lipinski definition) is 3. The minimum Gasteiger partial charge on any atom is -0.320 e. The first-order valence-corrected chi connectivity index (χ1v) is 6.17.